The van der Waals surface area contributed by atoms with Gasteiger partial charge in [0, 0.05) is 0 Å². The fourth-order valence-electron chi connectivity index (χ4n) is 1.65. The zero-order valence-electron chi connectivity index (χ0n) is 11.0. The average molecular weight is 265 g/mol. The van der Waals surface area contributed by atoms with Crippen molar-refractivity contribution in [3.63, 3.8) is 0 Å². The molecule has 0 saturated carbocycles. The van der Waals surface area contributed by atoms with E-state index in [0.717, 1.165) is 19.3 Å². The van der Waals surface area contributed by atoms with Crippen LogP contribution in [0, 0.1) is 0 Å². The molecule has 104 valence electrons. The molecule has 0 saturated heterocycles. The van der Waals surface area contributed by atoms with Crippen LogP contribution in [0.1, 0.15) is 64.7 Å². The summed E-state index contributed by atoms with van der Waals surface area (Å²) in [5.74, 6) is -0.426. The molecule has 0 aromatic rings. The normalized spacial score (nSPS) is 11.9. The highest BCUT2D eigenvalue weighted by Gasteiger charge is 2.06. The standard InChI is InChI=1S/C12H27NO3S/c1-2-3-4-5-6-7-8-9-10-11-16-17(14,15)12-13/h2-13H2,1H3. The van der Waals surface area contributed by atoms with E-state index in [4.69, 9.17) is 5.73 Å². The lowest BCUT2D eigenvalue weighted by molar-refractivity contribution is 0.306. The van der Waals surface area contributed by atoms with Crippen LogP contribution >= 0.6 is 0 Å². The quantitative estimate of drug-likeness (QED) is 0.435. The molecule has 0 bridgehead atoms. The first-order valence-corrected chi connectivity index (χ1v) is 8.27. The van der Waals surface area contributed by atoms with Gasteiger partial charge in [0.25, 0.3) is 10.1 Å². The summed E-state index contributed by atoms with van der Waals surface area (Å²) in [5, 5.41) is 0. The fraction of sp³-hybridized carbons (Fsp3) is 1.00. The second kappa shape index (κ2) is 11.0. The van der Waals surface area contributed by atoms with Crippen molar-refractivity contribution < 1.29 is 12.6 Å². The second-order valence-electron chi connectivity index (χ2n) is 4.37. The van der Waals surface area contributed by atoms with Crippen LogP contribution in [0.2, 0.25) is 0 Å². The number of unbranched alkanes of at least 4 members (excludes halogenated alkanes) is 8. The Morgan fingerprint density at radius 3 is 1.82 bits per heavy atom. The molecular weight excluding hydrogens is 238 g/mol. The fourth-order valence-corrected chi connectivity index (χ4v) is 2.11. The zero-order chi connectivity index (χ0) is 13.0. The molecule has 4 nitrogen and oxygen atoms in total. The Balaban J connectivity index is 3.14. The molecule has 2 N–H and O–H groups in total. The molecule has 0 unspecified atom stereocenters. The topological polar surface area (TPSA) is 69.4 Å². The minimum absolute atomic E-state index is 0.273. The van der Waals surface area contributed by atoms with Crippen LogP contribution in [-0.4, -0.2) is 20.9 Å². The number of nitrogens with two attached hydrogens (primary N) is 1. The van der Waals surface area contributed by atoms with Crippen molar-refractivity contribution in [1.29, 1.82) is 0 Å². The van der Waals surface area contributed by atoms with E-state index < -0.39 is 16.0 Å². The molecular formula is C12H27NO3S. The van der Waals surface area contributed by atoms with E-state index >= 15 is 0 Å². The minimum Gasteiger partial charge on any atom is -0.316 e. The van der Waals surface area contributed by atoms with E-state index in [-0.39, 0.29) is 6.61 Å². The summed E-state index contributed by atoms with van der Waals surface area (Å²) < 4.78 is 26.5. The highest BCUT2D eigenvalue weighted by atomic mass is 32.2. The molecule has 5 heteroatoms. The molecule has 0 aromatic carbocycles. The maximum absolute atomic E-state index is 10.9. The van der Waals surface area contributed by atoms with Gasteiger partial charge >= 0.3 is 0 Å². The van der Waals surface area contributed by atoms with Gasteiger partial charge in [0.2, 0.25) is 0 Å². The van der Waals surface area contributed by atoms with Gasteiger partial charge in [-0.2, -0.15) is 8.42 Å². The summed E-state index contributed by atoms with van der Waals surface area (Å²) >= 11 is 0. The highest BCUT2D eigenvalue weighted by Crippen LogP contribution is 2.09. The van der Waals surface area contributed by atoms with Gasteiger partial charge in [-0.1, -0.05) is 58.3 Å². The molecule has 0 radical (unpaired) electrons. The van der Waals surface area contributed by atoms with Gasteiger partial charge in [-0.15, -0.1) is 0 Å². The lowest BCUT2D eigenvalue weighted by atomic mass is 10.1. The summed E-state index contributed by atoms with van der Waals surface area (Å²) in [7, 11) is -3.45. The van der Waals surface area contributed by atoms with Crippen molar-refractivity contribution in [3.05, 3.63) is 0 Å². The van der Waals surface area contributed by atoms with Crippen LogP contribution in [-0.2, 0) is 14.3 Å². The van der Waals surface area contributed by atoms with Crippen molar-refractivity contribution in [2.45, 2.75) is 64.7 Å². The second-order valence-corrected chi connectivity index (χ2v) is 6.06. The monoisotopic (exact) mass is 265 g/mol. The van der Waals surface area contributed by atoms with Crippen molar-refractivity contribution >= 4 is 10.1 Å². The summed E-state index contributed by atoms with van der Waals surface area (Å²) in [6, 6.07) is 0. The number of rotatable bonds is 12. The first kappa shape index (κ1) is 16.9. The molecule has 17 heavy (non-hydrogen) atoms. The van der Waals surface area contributed by atoms with Crippen molar-refractivity contribution in [1.82, 2.24) is 0 Å². The Kier molecular flexibility index (Phi) is 10.9. The van der Waals surface area contributed by atoms with Gasteiger partial charge in [-0.3, -0.25) is 4.18 Å². The van der Waals surface area contributed by atoms with E-state index in [9.17, 15) is 8.42 Å². The third kappa shape index (κ3) is 12.1. The molecule has 0 amide bonds. The first-order valence-electron chi connectivity index (χ1n) is 6.69. The van der Waals surface area contributed by atoms with Gasteiger partial charge < -0.3 is 5.73 Å². The molecule has 0 spiro atoms. The van der Waals surface area contributed by atoms with Crippen LogP contribution in [0.5, 0.6) is 0 Å². The van der Waals surface area contributed by atoms with Crippen LogP contribution in [0.25, 0.3) is 0 Å². The van der Waals surface area contributed by atoms with Gasteiger partial charge in [0.05, 0.1) is 6.61 Å². The Bertz CT molecular complexity index is 252. The summed E-state index contributed by atoms with van der Waals surface area (Å²) in [4.78, 5) is 0. The average Bonchev–Trinajstić information content (AvgIpc) is 2.31. The van der Waals surface area contributed by atoms with Crippen LogP contribution in [0.4, 0.5) is 0 Å². The lowest BCUT2D eigenvalue weighted by Gasteiger charge is -2.03. The first-order chi connectivity index (χ1) is 8.12. The van der Waals surface area contributed by atoms with Crippen LogP contribution in [0.15, 0.2) is 0 Å². The minimum atomic E-state index is -3.45. The van der Waals surface area contributed by atoms with Crippen LogP contribution < -0.4 is 5.73 Å². The van der Waals surface area contributed by atoms with Crippen molar-refractivity contribution in [2.75, 3.05) is 12.5 Å². The smallest absolute Gasteiger partial charge is 0.280 e. The summed E-state index contributed by atoms with van der Waals surface area (Å²) in [6.07, 6.45) is 10.8. The van der Waals surface area contributed by atoms with E-state index in [1.165, 1.54) is 38.5 Å². The van der Waals surface area contributed by atoms with Crippen molar-refractivity contribution in [3.8, 4) is 0 Å². The molecule has 0 aliphatic heterocycles. The third-order valence-electron chi connectivity index (χ3n) is 2.71. The van der Waals surface area contributed by atoms with E-state index in [2.05, 4.69) is 11.1 Å². The Labute approximate surface area is 106 Å². The predicted molar refractivity (Wildman–Crippen MR) is 71.2 cm³/mol. The van der Waals surface area contributed by atoms with E-state index in [1.54, 1.807) is 0 Å². The molecule has 0 aromatic heterocycles. The third-order valence-corrected chi connectivity index (χ3v) is 3.65. The lowest BCUT2D eigenvalue weighted by Crippen LogP contribution is -2.17. The Morgan fingerprint density at radius 2 is 1.35 bits per heavy atom. The van der Waals surface area contributed by atoms with Crippen molar-refractivity contribution in [2.24, 2.45) is 5.73 Å². The summed E-state index contributed by atoms with van der Waals surface area (Å²) in [6.45, 7) is 2.49. The predicted octanol–water partition coefficient (Wildman–Crippen LogP) is 2.78. The SMILES string of the molecule is CCCCCCCCCCCOS(=O)(=O)CN. The van der Waals surface area contributed by atoms with Gasteiger partial charge in [-0.05, 0) is 6.42 Å². The largest absolute Gasteiger partial charge is 0.316 e. The Morgan fingerprint density at radius 1 is 0.882 bits per heavy atom. The van der Waals surface area contributed by atoms with E-state index in [0.29, 0.717) is 0 Å². The molecule has 0 atom stereocenters. The molecule has 0 rings (SSSR count). The van der Waals surface area contributed by atoms with Gasteiger partial charge in [0.1, 0.15) is 5.88 Å². The maximum Gasteiger partial charge on any atom is 0.280 e. The van der Waals surface area contributed by atoms with Gasteiger partial charge in [0.15, 0.2) is 0 Å². The van der Waals surface area contributed by atoms with E-state index in [1.807, 2.05) is 0 Å². The molecule has 0 heterocycles. The Hall–Kier alpha value is -0.130. The number of hydrogen-bond acceptors (Lipinski definition) is 4. The van der Waals surface area contributed by atoms with Gasteiger partial charge in [-0.25, -0.2) is 0 Å². The number of hydrogen-bond donors (Lipinski definition) is 1. The zero-order valence-corrected chi connectivity index (χ0v) is 11.8. The summed E-state index contributed by atoms with van der Waals surface area (Å²) in [5.41, 5.74) is 5.01. The molecule has 0 aliphatic rings. The highest BCUT2D eigenvalue weighted by molar-refractivity contribution is 7.86. The molecule has 0 aliphatic carbocycles. The van der Waals surface area contributed by atoms with Crippen LogP contribution in [0.3, 0.4) is 0 Å². The maximum atomic E-state index is 10.9. The molecule has 0 fully saturated rings.